The summed E-state index contributed by atoms with van der Waals surface area (Å²) >= 11 is 1.62. The summed E-state index contributed by atoms with van der Waals surface area (Å²) in [5.41, 5.74) is 3.65. The van der Waals surface area contributed by atoms with Crippen LogP contribution in [0.5, 0.6) is 0 Å². The number of hydrogen-bond acceptors (Lipinski definition) is 4. The lowest BCUT2D eigenvalue weighted by Gasteiger charge is -1.98. The highest BCUT2D eigenvalue weighted by Crippen LogP contribution is 2.27. The molecule has 2 aromatic heterocycles. The van der Waals surface area contributed by atoms with Crippen molar-refractivity contribution in [1.82, 2.24) is 9.78 Å². The van der Waals surface area contributed by atoms with Crippen molar-refractivity contribution in [1.29, 1.82) is 0 Å². The van der Waals surface area contributed by atoms with Gasteiger partial charge in [0, 0.05) is 18.0 Å². The molecule has 4 aromatic rings. The molecule has 0 unspecified atom stereocenters. The molecule has 0 amide bonds. The number of aromatic carboxylic acids is 1. The molecule has 0 saturated heterocycles. The van der Waals surface area contributed by atoms with Crippen LogP contribution in [0.4, 0.5) is 5.69 Å². The standard InChI is InChI=1S/C21H15N3O2S/c25-21(26)15-8-10-17(11-9-15)22-13-16-14-24(18-5-2-1-3-6-18)23-20(16)19-7-4-12-27-19/h1-14H,(H,25,26). The van der Waals surface area contributed by atoms with Gasteiger partial charge in [-0.25, -0.2) is 9.48 Å². The lowest BCUT2D eigenvalue weighted by atomic mass is 10.2. The summed E-state index contributed by atoms with van der Waals surface area (Å²) in [7, 11) is 0. The van der Waals surface area contributed by atoms with Crippen LogP contribution in [0, 0.1) is 0 Å². The molecular weight excluding hydrogens is 358 g/mol. The fourth-order valence-electron chi connectivity index (χ4n) is 2.63. The van der Waals surface area contributed by atoms with Crippen molar-refractivity contribution in [3.8, 4) is 16.3 Å². The predicted octanol–water partition coefficient (Wildman–Crippen LogP) is 5.05. The number of rotatable bonds is 5. The fourth-order valence-corrected chi connectivity index (χ4v) is 3.36. The molecule has 0 saturated carbocycles. The van der Waals surface area contributed by atoms with E-state index in [0.717, 1.165) is 21.8 Å². The van der Waals surface area contributed by atoms with Crippen molar-refractivity contribution in [2.24, 2.45) is 4.99 Å². The molecule has 0 aliphatic heterocycles. The van der Waals surface area contributed by atoms with Crippen LogP contribution in [-0.4, -0.2) is 27.1 Å². The summed E-state index contributed by atoms with van der Waals surface area (Å²) in [6.07, 6.45) is 3.71. The summed E-state index contributed by atoms with van der Waals surface area (Å²) in [5.74, 6) is -0.949. The van der Waals surface area contributed by atoms with Crippen LogP contribution >= 0.6 is 11.3 Å². The largest absolute Gasteiger partial charge is 0.478 e. The smallest absolute Gasteiger partial charge is 0.335 e. The SMILES string of the molecule is O=C(O)c1ccc(N=Cc2cn(-c3ccccc3)nc2-c2cccs2)cc1. The monoisotopic (exact) mass is 373 g/mol. The lowest BCUT2D eigenvalue weighted by Crippen LogP contribution is -1.94. The number of aromatic nitrogens is 2. The van der Waals surface area contributed by atoms with Gasteiger partial charge >= 0.3 is 5.97 Å². The normalized spacial score (nSPS) is 11.1. The molecule has 27 heavy (non-hydrogen) atoms. The Labute approximate surface area is 159 Å². The quantitative estimate of drug-likeness (QED) is 0.498. The summed E-state index contributed by atoms with van der Waals surface area (Å²) in [6, 6.07) is 20.4. The van der Waals surface area contributed by atoms with Crippen molar-refractivity contribution < 1.29 is 9.90 Å². The van der Waals surface area contributed by atoms with Gasteiger partial charge in [0.2, 0.25) is 0 Å². The molecule has 0 spiro atoms. The number of carboxylic acid groups (broad SMARTS) is 1. The number of benzene rings is 2. The van der Waals surface area contributed by atoms with Gasteiger partial charge in [-0.1, -0.05) is 24.3 Å². The topological polar surface area (TPSA) is 67.5 Å². The van der Waals surface area contributed by atoms with Gasteiger partial charge in [0.1, 0.15) is 5.69 Å². The summed E-state index contributed by atoms with van der Waals surface area (Å²) in [6.45, 7) is 0. The summed E-state index contributed by atoms with van der Waals surface area (Å²) < 4.78 is 1.84. The zero-order chi connectivity index (χ0) is 18.6. The Kier molecular flexibility index (Phi) is 4.63. The number of carboxylic acids is 1. The van der Waals surface area contributed by atoms with Crippen molar-refractivity contribution in [3.05, 3.63) is 89.4 Å². The highest BCUT2D eigenvalue weighted by atomic mass is 32.1. The van der Waals surface area contributed by atoms with Crippen molar-refractivity contribution in [2.45, 2.75) is 0 Å². The zero-order valence-electron chi connectivity index (χ0n) is 14.2. The molecule has 0 fully saturated rings. The second-order valence-electron chi connectivity index (χ2n) is 5.80. The van der Waals surface area contributed by atoms with Gasteiger partial charge in [0.25, 0.3) is 0 Å². The molecule has 2 aromatic carbocycles. The van der Waals surface area contributed by atoms with Crippen LogP contribution in [0.1, 0.15) is 15.9 Å². The Morgan fingerprint density at radius 3 is 2.48 bits per heavy atom. The first kappa shape index (κ1) is 16.9. The third-order valence-electron chi connectivity index (χ3n) is 3.98. The number of aliphatic imine (C=N–C) groups is 1. The molecule has 5 nitrogen and oxygen atoms in total. The summed E-state index contributed by atoms with van der Waals surface area (Å²) in [4.78, 5) is 16.5. The van der Waals surface area contributed by atoms with Crippen molar-refractivity contribution in [3.63, 3.8) is 0 Å². The first-order valence-electron chi connectivity index (χ1n) is 8.27. The van der Waals surface area contributed by atoms with E-state index in [-0.39, 0.29) is 5.56 Å². The van der Waals surface area contributed by atoms with Gasteiger partial charge in [-0.15, -0.1) is 11.3 Å². The molecule has 2 heterocycles. The number of thiophene rings is 1. The van der Waals surface area contributed by atoms with E-state index >= 15 is 0 Å². The van der Waals surface area contributed by atoms with Crippen LogP contribution in [0.2, 0.25) is 0 Å². The van der Waals surface area contributed by atoms with E-state index in [0.29, 0.717) is 5.69 Å². The Balaban J connectivity index is 1.70. The fraction of sp³-hybridized carbons (Fsp3) is 0. The Bertz CT molecular complexity index is 1080. The van der Waals surface area contributed by atoms with E-state index in [1.54, 1.807) is 41.8 Å². The molecule has 0 radical (unpaired) electrons. The van der Waals surface area contributed by atoms with Gasteiger partial charge in [-0.2, -0.15) is 5.10 Å². The summed E-state index contributed by atoms with van der Waals surface area (Å²) in [5, 5.41) is 15.7. The van der Waals surface area contributed by atoms with Crippen LogP contribution in [0.3, 0.4) is 0 Å². The second kappa shape index (κ2) is 7.39. The molecule has 4 rings (SSSR count). The van der Waals surface area contributed by atoms with Crippen LogP contribution < -0.4 is 0 Å². The van der Waals surface area contributed by atoms with Gasteiger partial charge < -0.3 is 5.11 Å². The molecule has 0 aliphatic rings. The van der Waals surface area contributed by atoms with Gasteiger partial charge in [0.05, 0.1) is 21.8 Å². The van der Waals surface area contributed by atoms with E-state index in [4.69, 9.17) is 10.2 Å². The Hall–Kier alpha value is -3.51. The highest BCUT2D eigenvalue weighted by Gasteiger charge is 2.12. The molecule has 0 bridgehead atoms. The highest BCUT2D eigenvalue weighted by molar-refractivity contribution is 7.13. The lowest BCUT2D eigenvalue weighted by molar-refractivity contribution is 0.0697. The van der Waals surface area contributed by atoms with E-state index in [1.807, 2.05) is 58.7 Å². The minimum Gasteiger partial charge on any atom is -0.478 e. The molecule has 0 atom stereocenters. The minimum absolute atomic E-state index is 0.241. The molecular formula is C21H15N3O2S. The first-order chi connectivity index (χ1) is 13.2. The van der Waals surface area contributed by atoms with Crippen molar-refractivity contribution >= 4 is 29.2 Å². The number of para-hydroxylation sites is 1. The van der Waals surface area contributed by atoms with Crippen LogP contribution in [0.15, 0.2) is 83.3 Å². The minimum atomic E-state index is -0.949. The number of hydrogen-bond donors (Lipinski definition) is 1. The molecule has 1 N–H and O–H groups in total. The molecule has 132 valence electrons. The van der Waals surface area contributed by atoms with E-state index in [9.17, 15) is 4.79 Å². The van der Waals surface area contributed by atoms with Gasteiger partial charge in [0.15, 0.2) is 0 Å². The van der Waals surface area contributed by atoms with Gasteiger partial charge in [-0.3, -0.25) is 4.99 Å². The van der Waals surface area contributed by atoms with Crippen LogP contribution in [0.25, 0.3) is 16.3 Å². The predicted molar refractivity (Wildman–Crippen MR) is 108 cm³/mol. The third-order valence-corrected chi connectivity index (χ3v) is 4.86. The third kappa shape index (κ3) is 3.70. The van der Waals surface area contributed by atoms with E-state index in [1.165, 1.54) is 0 Å². The molecule has 0 aliphatic carbocycles. The van der Waals surface area contributed by atoms with Crippen LogP contribution in [-0.2, 0) is 0 Å². The Morgan fingerprint density at radius 1 is 1.04 bits per heavy atom. The maximum Gasteiger partial charge on any atom is 0.335 e. The zero-order valence-corrected chi connectivity index (χ0v) is 15.0. The maximum atomic E-state index is 11.0. The van der Waals surface area contributed by atoms with E-state index in [2.05, 4.69) is 4.99 Å². The molecule has 6 heteroatoms. The number of nitrogens with zero attached hydrogens (tertiary/aromatic N) is 3. The maximum absolute atomic E-state index is 11.0. The second-order valence-corrected chi connectivity index (χ2v) is 6.75. The average Bonchev–Trinajstić information content (AvgIpc) is 3.37. The number of carbonyl (C=O) groups is 1. The Morgan fingerprint density at radius 2 is 1.81 bits per heavy atom. The van der Waals surface area contributed by atoms with Crippen molar-refractivity contribution in [2.75, 3.05) is 0 Å². The van der Waals surface area contributed by atoms with Gasteiger partial charge in [-0.05, 0) is 47.8 Å². The average molecular weight is 373 g/mol. The first-order valence-corrected chi connectivity index (χ1v) is 9.15. The van der Waals surface area contributed by atoms with E-state index < -0.39 is 5.97 Å².